The molecule has 118 valence electrons. The average molecular weight is 292 g/mol. The lowest BCUT2D eigenvalue weighted by Gasteiger charge is -2.32. The highest BCUT2D eigenvalue weighted by molar-refractivity contribution is 5.41. The van der Waals surface area contributed by atoms with Crippen molar-refractivity contribution in [2.45, 2.75) is 45.7 Å². The third-order valence-electron chi connectivity index (χ3n) is 4.05. The summed E-state index contributed by atoms with van der Waals surface area (Å²) in [5, 5.41) is 13.3. The second kappa shape index (κ2) is 8.25. The summed E-state index contributed by atoms with van der Waals surface area (Å²) in [6.07, 6.45) is 3.68. The lowest BCUT2D eigenvalue weighted by molar-refractivity contribution is 0.197. The molecule has 0 atom stereocenters. The Kier molecular flexibility index (Phi) is 6.33. The Morgan fingerprint density at radius 2 is 2.05 bits per heavy atom. The van der Waals surface area contributed by atoms with E-state index in [9.17, 15) is 5.11 Å². The summed E-state index contributed by atoms with van der Waals surface area (Å²) in [5.41, 5.74) is 1.16. The SMILES string of the molecule is CCCN1CCC(NCc2ccc(O)c(OCC)c2)CC1. The van der Waals surface area contributed by atoms with Gasteiger partial charge in [-0.25, -0.2) is 0 Å². The van der Waals surface area contributed by atoms with E-state index in [1.165, 1.54) is 38.9 Å². The largest absolute Gasteiger partial charge is 0.504 e. The molecule has 0 amide bonds. The minimum Gasteiger partial charge on any atom is -0.504 e. The van der Waals surface area contributed by atoms with Gasteiger partial charge in [0.05, 0.1) is 6.61 Å². The van der Waals surface area contributed by atoms with Crippen molar-refractivity contribution in [3.05, 3.63) is 23.8 Å². The molecule has 0 aromatic heterocycles. The molecule has 0 radical (unpaired) electrons. The zero-order valence-corrected chi connectivity index (χ0v) is 13.3. The molecular formula is C17H28N2O2. The van der Waals surface area contributed by atoms with Crippen molar-refractivity contribution in [2.75, 3.05) is 26.2 Å². The summed E-state index contributed by atoms with van der Waals surface area (Å²) in [5.74, 6) is 0.794. The van der Waals surface area contributed by atoms with Gasteiger partial charge in [-0.1, -0.05) is 13.0 Å². The van der Waals surface area contributed by atoms with E-state index in [2.05, 4.69) is 17.1 Å². The number of nitrogens with one attached hydrogen (secondary N) is 1. The van der Waals surface area contributed by atoms with E-state index in [1.807, 2.05) is 19.1 Å². The number of phenols is 1. The summed E-state index contributed by atoms with van der Waals surface area (Å²) in [7, 11) is 0. The molecule has 2 rings (SSSR count). The molecule has 21 heavy (non-hydrogen) atoms. The number of phenolic OH excluding ortho intramolecular Hbond substituents is 1. The highest BCUT2D eigenvalue weighted by Gasteiger charge is 2.17. The van der Waals surface area contributed by atoms with E-state index >= 15 is 0 Å². The van der Waals surface area contributed by atoms with Crippen LogP contribution in [0.4, 0.5) is 0 Å². The lowest BCUT2D eigenvalue weighted by atomic mass is 10.0. The van der Waals surface area contributed by atoms with Gasteiger partial charge in [0.1, 0.15) is 0 Å². The molecular weight excluding hydrogens is 264 g/mol. The Hall–Kier alpha value is -1.26. The number of benzene rings is 1. The van der Waals surface area contributed by atoms with Gasteiger partial charge in [-0.15, -0.1) is 0 Å². The number of likely N-dealkylation sites (tertiary alicyclic amines) is 1. The second-order valence-corrected chi connectivity index (χ2v) is 5.73. The minimum atomic E-state index is 0.216. The highest BCUT2D eigenvalue weighted by atomic mass is 16.5. The van der Waals surface area contributed by atoms with Crippen LogP contribution in [-0.4, -0.2) is 42.3 Å². The molecule has 1 fully saturated rings. The van der Waals surface area contributed by atoms with Gasteiger partial charge in [-0.05, 0) is 63.5 Å². The topological polar surface area (TPSA) is 44.7 Å². The predicted octanol–water partition coefficient (Wildman–Crippen LogP) is 2.75. The normalized spacial score (nSPS) is 17.0. The molecule has 4 heteroatoms. The lowest BCUT2D eigenvalue weighted by Crippen LogP contribution is -2.42. The number of ether oxygens (including phenoxy) is 1. The number of piperidine rings is 1. The smallest absolute Gasteiger partial charge is 0.161 e. The van der Waals surface area contributed by atoms with Crippen LogP contribution in [0.15, 0.2) is 18.2 Å². The summed E-state index contributed by atoms with van der Waals surface area (Å²) < 4.78 is 5.43. The first kappa shape index (κ1) is 16.1. The first-order chi connectivity index (χ1) is 10.2. The zero-order chi connectivity index (χ0) is 15.1. The van der Waals surface area contributed by atoms with Gasteiger partial charge in [0, 0.05) is 12.6 Å². The number of nitrogens with zero attached hydrogens (tertiary/aromatic N) is 1. The Labute approximate surface area is 128 Å². The minimum absolute atomic E-state index is 0.216. The number of rotatable bonds is 7. The van der Waals surface area contributed by atoms with E-state index < -0.39 is 0 Å². The monoisotopic (exact) mass is 292 g/mol. The molecule has 4 nitrogen and oxygen atoms in total. The zero-order valence-electron chi connectivity index (χ0n) is 13.3. The van der Waals surface area contributed by atoms with Crippen molar-refractivity contribution in [2.24, 2.45) is 0 Å². The third-order valence-corrected chi connectivity index (χ3v) is 4.05. The Balaban J connectivity index is 1.79. The Morgan fingerprint density at radius 3 is 2.71 bits per heavy atom. The predicted molar refractivity (Wildman–Crippen MR) is 85.9 cm³/mol. The first-order valence-electron chi connectivity index (χ1n) is 8.13. The molecule has 0 aliphatic carbocycles. The van der Waals surface area contributed by atoms with Crippen LogP contribution in [0.2, 0.25) is 0 Å². The van der Waals surface area contributed by atoms with Crippen molar-refractivity contribution in [3.8, 4) is 11.5 Å². The number of aromatic hydroxyl groups is 1. The quantitative estimate of drug-likeness (QED) is 0.811. The van der Waals surface area contributed by atoms with E-state index in [0.717, 1.165) is 12.1 Å². The van der Waals surface area contributed by atoms with Crippen molar-refractivity contribution in [3.63, 3.8) is 0 Å². The molecule has 1 aliphatic rings. The molecule has 1 saturated heterocycles. The van der Waals surface area contributed by atoms with Gasteiger partial charge in [0.25, 0.3) is 0 Å². The van der Waals surface area contributed by atoms with E-state index in [4.69, 9.17) is 4.74 Å². The van der Waals surface area contributed by atoms with Crippen LogP contribution in [0.25, 0.3) is 0 Å². The number of hydrogen-bond acceptors (Lipinski definition) is 4. The van der Waals surface area contributed by atoms with Gasteiger partial charge in [-0.3, -0.25) is 0 Å². The maximum atomic E-state index is 9.71. The Morgan fingerprint density at radius 1 is 1.29 bits per heavy atom. The summed E-state index contributed by atoms with van der Waals surface area (Å²) in [4.78, 5) is 2.55. The molecule has 1 aromatic carbocycles. The van der Waals surface area contributed by atoms with Crippen LogP contribution in [0.3, 0.4) is 0 Å². The second-order valence-electron chi connectivity index (χ2n) is 5.73. The van der Waals surface area contributed by atoms with Crippen molar-refractivity contribution >= 4 is 0 Å². The molecule has 0 saturated carbocycles. The number of hydrogen-bond donors (Lipinski definition) is 2. The fourth-order valence-corrected chi connectivity index (χ4v) is 2.88. The van der Waals surface area contributed by atoms with Crippen LogP contribution in [0.5, 0.6) is 11.5 Å². The molecule has 2 N–H and O–H groups in total. The van der Waals surface area contributed by atoms with Crippen molar-refractivity contribution in [1.82, 2.24) is 10.2 Å². The van der Waals surface area contributed by atoms with Crippen LogP contribution >= 0.6 is 0 Å². The molecule has 0 spiro atoms. The molecule has 0 bridgehead atoms. The van der Waals surface area contributed by atoms with Crippen LogP contribution in [-0.2, 0) is 6.54 Å². The van der Waals surface area contributed by atoms with Gasteiger partial charge in [0.15, 0.2) is 11.5 Å². The fraction of sp³-hybridized carbons (Fsp3) is 0.647. The van der Waals surface area contributed by atoms with Gasteiger partial charge >= 0.3 is 0 Å². The fourth-order valence-electron chi connectivity index (χ4n) is 2.88. The van der Waals surface area contributed by atoms with Crippen LogP contribution in [0.1, 0.15) is 38.7 Å². The first-order valence-corrected chi connectivity index (χ1v) is 8.13. The van der Waals surface area contributed by atoms with Crippen LogP contribution in [0, 0.1) is 0 Å². The maximum absolute atomic E-state index is 9.71. The average Bonchev–Trinajstić information content (AvgIpc) is 2.50. The molecule has 1 aromatic rings. The molecule has 1 heterocycles. The van der Waals surface area contributed by atoms with E-state index in [-0.39, 0.29) is 5.75 Å². The summed E-state index contributed by atoms with van der Waals surface area (Å²) in [6, 6.07) is 6.20. The third kappa shape index (κ3) is 4.90. The maximum Gasteiger partial charge on any atom is 0.161 e. The standard InChI is InChI=1S/C17H28N2O2/c1-3-9-19-10-7-15(8-11-19)18-13-14-5-6-16(20)17(12-14)21-4-2/h5-6,12,15,18,20H,3-4,7-11,13H2,1-2H3. The molecule has 0 unspecified atom stereocenters. The van der Waals surface area contributed by atoms with Crippen molar-refractivity contribution in [1.29, 1.82) is 0 Å². The van der Waals surface area contributed by atoms with Gasteiger partial charge in [0.2, 0.25) is 0 Å². The van der Waals surface area contributed by atoms with Gasteiger partial charge < -0.3 is 20.1 Å². The van der Waals surface area contributed by atoms with Gasteiger partial charge in [-0.2, -0.15) is 0 Å². The molecule has 1 aliphatic heterocycles. The van der Waals surface area contributed by atoms with Crippen molar-refractivity contribution < 1.29 is 9.84 Å². The van der Waals surface area contributed by atoms with E-state index in [1.54, 1.807) is 6.07 Å². The van der Waals surface area contributed by atoms with E-state index in [0.29, 0.717) is 18.4 Å². The highest BCUT2D eigenvalue weighted by Crippen LogP contribution is 2.26. The Bertz CT molecular complexity index is 429. The van der Waals surface area contributed by atoms with Crippen LogP contribution < -0.4 is 10.1 Å². The summed E-state index contributed by atoms with van der Waals surface area (Å²) >= 11 is 0. The summed E-state index contributed by atoms with van der Waals surface area (Å²) in [6.45, 7) is 9.19.